The molecule has 1 N–H and O–H groups in total. The molecule has 1 aromatic carbocycles. The Morgan fingerprint density at radius 3 is 2.48 bits per heavy atom. The fourth-order valence-electron chi connectivity index (χ4n) is 3.03. The van der Waals surface area contributed by atoms with Gasteiger partial charge in [-0.05, 0) is 44.8 Å². The molecule has 25 heavy (non-hydrogen) atoms. The van der Waals surface area contributed by atoms with E-state index in [-0.39, 0.29) is 0 Å². The zero-order valence-electron chi connectivity index (χ0n) is 14.9. The molecule has 0 saturated carbocycles. The van der Waals surface area contributed by atoms with Crippen LogP contribution in [0.25, 0.3) is 0 Å². The topological polar surface area (TPSA) is 68.2 Å². The van der Waals surface area contributed by atoms with E-state index >= 15 is 0 Å². The number of hydrogen-bond acceptors (Lipinski definition) is 4. The summed E-state index contributed by atoms with van der Waals surface area (Å²) in [4.78, 5) is 12.8. The number of benzene rings is 1. The summed E-state index contributed by atoms with van der Waals surface area (Å²) in [6.45, 7) is 8.99. The zero-order chi connectivity index (χ0) is 18.4. The third-order valence-electron chi connectivity index (χ3n) is 5.28. The first-order valence-electron chi connectivity index (χ1n) is 8.35. The number of carboxylic acid groups (broad SMARTS) is 1. The van der Waals surface area contributed by atoms with Gasteiger partial charge in [-0.3, -0.25) is 4.90 Å². The van der Waals surface area contributed by atoms with E-state index in [1.807, 2.05) is 39.8 Å². The SMILES string of the molecule is CC1(C)OB(c2ccc(C3COCCN3C(=O)O)c(Cl)c2)OC1(C)C. The van der Waals surface area contributed by atoms with E-state index in [4.69, 9.17) is 25.6 Å². The van der Waals surface area contributed by atoms with Crippen LogP contribution in [0.1, 0.15) is 39.3 Å². The lowest BCUT2D eigenvalue weighted by atomic mass is 9.78. The van der Waals surface area contributed by atoms with Crippen molar-refractivity contribution in [2.24, 2.45) is 0 Å². The van der Waals surface area contributed by atoms with Crippen LogP contribution in [0.5, 0.6) is 0 Å². The zero-order valence-corrected chi connectivity index (χ0v) is 15.7. The van der Waals surface area contributed by atoms with Gasteiger partial charge in [0.15, 0.2) is 0 Å². The van der Waals surface area contributed by atoms with Gasteiger partial charge < -0.3 is 19.2 Å². The quantitative estimate of drug-likeness (QED) is 0.814. The molecule has 0 aromatic heterocycles. The first-order chi connectivity index (χ1) is 11.6. The second-order valence-corrected chi connectivity index (χ2v) is 7.84. The molecule has 2 saturated heterocycles. The molecule has 2 aliphatic heterocycles. The molecule has 1 unspecified atom stereocenters. The van der Waals surface area contributed by atoms with Crippen molar-refractivity contribution < 1.29 is 23.9 Å². The monoisotopic (exact) mass is 367 g/mol. The molecule has 2 heterocycles. The lowest BCUT2D eigenvalue weighted by Gasteiger charge is -2.34. The second kappa shape index (κ2) is 6.47. The molecule has 1 amide bonds. The first-order valence-corrected chi connectivity index (χ1v) is 8.72. The van der Waals surface area contributed by atoms with Gasteiger partial charge in [0.1, 0.15) is 0 Å². The molecule has 136 valence electrons. The van der Waals surface area contributed by atoms with E-state index in [9.17, 15) is 9.90 Å². The molecule has 0 aliphatic carbocycles. The largest absolute Gasteiger partial charge is 0.494 e. The lowest BCUT2D eigenvalue weighted by molar-refractivity contribution is -0.000857. The van der Waals surface area contributed by atoms with E-state index < -0.39 is 30.5 Å². The second-order valence-electron chi connectivity index (χ2n) is 7.44. The summed E-state index contributed by atoms with van der Waals surface area (Å²) in [5.74, 6) is 0. The minimum Gasteiger partial charge on any atom is -0.465 e. The average molecular weight is 368 g/mol. The van der Waals surface area contributed by atoms with Crippen LogP contribution in [-0.4, -0.2) is 54.2 Å². The molecule has 6 nitrogen and oxygen atoms in total. The number of ether oxygens (including phenoxy) is 1. The van der Waals surface area contributed by atoms with Crippen molar-refractivity contribution in [3.05, 3.63) is 28.8 Å². The minimum atomic E-state index is -0.973. The number of nitrogens with zero attached hydrogens (tertiary/aromatic N) is 1. The number of morpholine rings is 1. The van der Waals surface area contributed by atoms with Crippen molar-refractivity contribution in [2.75, 3.05) is 19.8 Å². The molecule has 3 rings (SSSR count). The van der Waals surface area contributed by atoms with Crippen molar-refractivity contribution in [1.29, 1.82) is 0 Å². The van der Waals surface area contributed by atoms with Gasteiger partial charge in [-0.2, -0.15) is 0 Å². The Morgan fingerprint density at radius 2 is 1.92 bits per heavy atom. The summed E-state index contributed by atoms with van der Waals surface area (Å²) in [6.07, 6.45) is -0.973. The van der Waals surface area contributed by atoms with Crippen LogP contribution in [0.3, 0.4) is 0 Å². The van der Waals surface area contributed by atoms with E-state index in [1.54, 1.807) is 6.07 Å². The fraction of sp³-hybridized carbons (Fsp3) is 0.588. The van der Waals surface area contributed by atoms with E-state index in [0.717, 1.165) is 11.0 Å². The molecular formula is C17H23BClNO5. The van der Waals surface area contributed by atoms with E-state index in [1.165, 1.54) is 4.90 Å². The number of carbonyl (C=O) groups is 1. The molecule has 2 fully saturated rings. The summed E-state index contributed by atoms with van der Waals surface area (Å²) in [6, 6.07) is 5.08. The predicted molar refractivity (Wildman–Crippen MR) is 95.5 cm³/mol. The molecule has 0 spiro atoms. The summed E-state index contributed by atoms with van der Waals surface area (Å²) in [7, 11) is -0.505. The molecular weight excluding hydrogens is 344 g/mol. The van der Waals surface area contributed by atoms with Gasteiger partial charge in [-0.15, -0.1) is 0 Å². The summed E-state index contributed by atoms with van der Waals surface area (Å²) < 4.78 is 17.5. The predicted octanol–water partition coefficient (Wildman–Crippen LogP) is 2.69. The molecule has 0 bridgehead atoms. The first kappa shape index (κ1) is 18.5. The number of hydrogen-bond donors (Lipinski definition) is 1. The third kappa shape index (κ3) is 3.38. The minimum absolute atomic E-state index is 0.294. The van der Waals surface area contributed by atoms with Gasteiger partial charge >= 0.3 is 13.2 Å². The molecule has 2 aliphatic rings. The maximum absolute atomic E-state index is 11.5. The molecule has 8 heteroatoms. The molecule has 1 atom stereocenters. The van der Waals surface area contributed by atoms with E-state index in [2.05, 4.69) is 0 Å². The maximum atomic E-state index is 11.5. The normalized spacial score (nSPS) is 25.2. The fourth-order valence-corrected chi connectivity index (χ4v) is 3.34. The van der Waals surface area contributed by atoms with Crippen LogP contribution in [0.4, 0.5) is 4.79 Å². The van der Waals surface area contributed by atoms with Gasteiger partial charge in [0, 0.05) is 11.6 Å². The van der Waals surface area contributed by atoms with Crippen LogP contribution in [0, 0.1) is 0 Å². The maximum Gasteiger partial charge on any atom is 0.494 e. The number of halogens is 1. The Labute approximate surface area is 153 Å². The van der Waals surface area contributed by atoms with Crippen molar-refractivity contribution in [1.82, 2.24) is 4.90 Å². The highest BCUT2D eigenvalue weighted by Crippen LogP contribution is 2.37. The Hall–Kier alpha value is -1.28. The van der Waals surface area contributed by atoms with Crippen molar-refractivity contribution in [3.8, 4) is 0 Å². The average Bonchev–Trinajstić information content (AvgIpc) is 2.75. The van der Waals surface area contributed by atoms with Gasteiger partial charge in [-0.25, -0.2) is 4.79 Å². The number of rotatable bonds is 2. The van der Waals surface area contributed by atoms with Gasteiger partial charge in [0.05, 0.1) is 30.5 Å². The van der Waals surface area contributed by atoms with Crippen molar-refractivity contribution in [3.63, 3.8) is 0 Å². The van der Waals surface area contributed by atoms with Crippen molar-refractivity contribution in [2.45, 2.75) is 44.9 Å². The van der Waals surface area contributed by atoms with Crippen molar-refractivity contribution >= 4 is 30.3 Å². The van der Waals surface area contributed by atoms with Crippen LogP contribution in [0.15, 0.2) is 18.2 Å². The Kier molecular flexibility index (Phi) is 4.79. The van der Waals surface area contributed by atoms with Gasteiger partial charge in [0.2, 0.25) is 0 Å². The molecule has 0 radical (unpaired) electrons. The number of amides is 1. The van der Waals surface area contributed by atoms with Crippen LogP contribution in [0.2, 0.25) is 5.02 Å². The standard InChI is InChI=1S/C17H23BClNO5/c1-16(2)17(3,4)25-18(24-16)11-5-6-12(13(19)9-11)14-10-23-8-7-20(14)15(21)22/h5-6,9,14H,7-8,10H2,1-4H3,(H,21,22). The van der Waals surface area contributed by atoms with Crippen LogP contribution in [-0.2, 0) is 14.0 Å². The van der Waals surface area contributed by atoms with Gasteiger partial charge in [0.25, 0.3) is 0 Å². The lowest BCUT2D eigenvalue weighted by Crippen LogP contribution is -2.43. The Bertz CT molecular complexity index is 665. The summed E-state index contributed by atoms with van der Waals surface area (Å²) >= 11 is 6.47. The van der Waals surface area contributed by atoms with Gasteiger partial charge in [-0.1, -0.05) is 23.7 Å². The highest BCUT2D eigenvalue weighted by molar-refractivity contribution is 6.62. The summed E-state index contributed by atoms with van der Waals surface area (Å²) in [5.41, 5.74) is 0.676. The van der Waals surface area contributed by atoms with E-state index in [0.29, 0.717) is 24.8 Å². The smallest absolute Gasteiger partial charge is 0.465 e. The van der Waals surface area contributed by atoms with Crippen LogP contribution < -0.4 is 5.46 Å². The third-order valence-corrected chi connectivity index (χ3v) is 5.61. The highest BCUT2D eigenvalue weighted by atomic mass is 35.5. The van der Waals surface area contributed by atoms with Crippen LogP contribution >= 0.6 is 11.6 Å². The highest BCUT2D eigenvalue weighted by Gasteiger charge is 2.51. The molecule has 1 aromatic rings. The Balaban J connectivity index is 1.86. The Morgan fingerprint density at radius 1 is 1.28 bits per heavy atom. The summed E-state index contributed by atoms with van der Waals surface area (Å²) in [5, 5.41) is 9.87.